The summed E-state index contributed by atoms with van der Waals surface area (Å²) in [6.07, 6.45) is -4.19. The first kappa shape index (κ1) is 75.7. The maximum Gasteiger partial charge on any atom is 1.00 e. The monoisotopic (exact) mass is 1370 g/mol. The van der Waals surface area contributed by atoms with Gasteiger partial charge in [-0.25, -0.2) is 9.59 Å². The molecule has 0 radical (unpaired) electrons. The number of aliphatic carboxylic acids is 1. The molecule has 466 valence electrons. The number of non-ortho nitro benzene ring substituents is 1. The van der Waals surface area contributed by atoms with Gasteiger partial charge < -0.3 is 45.1 Å². The van der Waals surface area contributed by atoms with Crippen LogP contribution >= 0.6 is 69.6 Å². The molecule has 22 nitrogen and oxygen atoms in total. The van der Waals surface area contributed by atoms with Crippen LogP contribution in [0.2, 0.25) is 30.1 Å². The van der Waals surface area contributed by atoms with Gasteiger partial charge in [0.25, 0.3) is 17.3 Å². The molecule has 0 heterocycles. The number of anilines is 1. The number of carboxylic acid groups (broad SMARTS) is 4. The summed E-state index contributed by atoms with van der Waals surface area (Å²) in [5.41, 5.74) is -2.19. The van der Waals surface area contributed by atoms with Gasteiger partial charge in [-0.3, -0.25) is 39.9 Å². The minimum Gasteiger partial charge on any atom is -0.545 e. The number of alkyl halides is 3. The fraction of sp³-hybridized carbons (Fsp3) is 0.121. The van der Waals surface area contributed by atoms with Crippen molar-refractivity contribution in [3.05, 3.63) is 239 Å². The van der Waals surface area contributed by atoms with E-state index in [0.29, 0.717) is 33.8 Å². The molecule has 32 heteroatoms. The molecule has 0 aliphatic heterocycles. The molecular formula is C58H42Cl6F3N4NaO18. The van der Waals surface area contributed by atoms with Gasteiger partial charge in [-0.2, -0.15) is 13.2 Å². The number of aromatic hydroxyl groups is 1. The topological polar surface area (TPSA) is 349 Å². The second-order valence-electron chi connectivity index (χ2n) is 17.7. The smallest absolute Gasteiger partial charge is 0.545 e. The van der Waals surface area contributed by atoms with E-state index in [4.69, 9.17) is 89.3 Å². The zero-order valence-electron chi connectivity index (χ0n) is 46.5. The molecule has 5 N–H and O–H groups in total. The van der Waals surface area contributed by atoms with E-state index in [-0.39, 0.29) is 107 Å². The van der Waals surface area contributed by atoms with Gasteiger partial charge in [0.2, 0.25) is 0 Å². The summed E-state index contributed by atoms with van der Waals surface area (Å²) in [7, 11) is 1.34. The minimum absolute atomic E-state index is 0. The fourth-order valence-electron chi connectivity index (χ4n) is 7.46. The first-order valence-corrected chi connectivity index (χ1v) is 26.9. The number of hydrogen-bond acceptors (Lipinski definition) is 15. The Balaban J connectivity index is 0.000000300. The zero-order valence-corrected chi connectivity index (χ0v) is 53.1. The van der Waals surface area contributed by atoms with E-state index in [1.54, 1.807) is 25.1 Å². The van der Waals surface area contributed by atoms with Crippen molar-refractivity contribution in [1.82, 2.24) is 0 Å². The SMILES string of the molecule is CCC(C)c1cc([N+](=O)[O-])cc([N+](=O)[O-])c1O.COc1c(Cl)ccc(Cl)c1C(=O)O.O=C(O)Cc1c(Cl)ccc(Cl)c1Cl.O=C(O)c1ccccc1C(=O)Nc1cccc2ccccc12.O=C([O-])c1cc(Oc2ccc(C(F)(F)F)cc2Cl)ccc1[N+](=O)[O-].[Na+]. The Bertz CT molecular complexity index is 4030. The summed E-state index contributed by atoms with van der Waals surface area (Å²) in [4.78, 5) is 85.3. The predicted octanol–water partition coefficient (Wildman–Crippen LogP) is 12.9. The van der Waals surface area contributed by atoms with Crippen LogP contribution in [0.5, 0.6) is 23.0 Å². The van der Waals surface area contributed by atoms with Crippen LogP contribution < -0.4 is 49.5 Å². The maximum absolute atomic E-state index is 12.6. The minimum atomic E-state index is -4.59. The molecule has 0 spiro atoms. The molecule has 0 aromatic heterocycles. The zero-order chi connectivity index (χ0) is 66.8. The second kappa shape index (κ2) is 34.5. The Morgan fingerprint density at radius 1 is 0.644 bits per heavy atom. The van der Waals surface area contributed by atoms with Gasteiger partial charge in [-0.15, -0.1) is 0 Å². The van der Waals surface area contributed by atoms with Crippen molar-refractivity contribution < 1.29 is 116 Å². The number of methoxy groups -OCH3 is 1. The number of hydrogen-bond donors (Lipinski definition) is 5. The average molecular weight is 1380 g/mol. The third-order valence-corrected chi connectivity index (χ3v) is 14.0. The maximum atomic E-state index is 12.6. The van der Waals surface area contributed by atoms with E-state index in [1.165, 1.54) is 49.6 Å². The summed E-state index contributed by atoms with van der Waals surface area (Å²) in [6.45, 7) is 3.57. The molecule has 0 aliphatic rings. The van der Waals surface area contributed by atoms with Gasteiger partial charge in [0, 0.05) is 39.4 Å². The molecule has 1 atom stereocenters. The number of amides is 1. The number of rotatable bonds is 15. The molecule has 1 unspecified atom stereocenters. The van der Waals surface area contributed by atoms with Crippen molar-refractivity contribution >= 4 is 133 Å². The molecule has 0 saturated heterocycles. The first-order chi connectivity index (χ1) is 41.7. The van der Waals surface area contributed by atoms with E-state index in [1.807, 2.05) is 43.3 Å². The Morgan fingerprint density at radius 2 is 1.22 bits per heavy atom. The molecule has 1 amide bonds. The number of nitrogens with zero attached hydrogens (tertiary/aromatic N) is 3. The van der Waals surface area contributed by atoms with E-state index in [2.05, 4.69) is 5.32 Å². The normalized spacial score (nSPS) is 10.7. The third-order valence-electron chi connectivity index (χ3n) is 11.9. The Morgan fingerprint density at radius 3 is 1.76 bits per heavy atom. The van der Waals surface area contributed by atoms with Crippen molar-refractivity contribution in [3.63, 3.8) is 0 Å². The number of nitrogens with one attached hydrogen (secondary N) is 1. The number of halogens is 9. The molecule has 8 aromatic rings. The van der Waals surface area contributed by atoms with Crippen molar-refractivity contribution in [3.8, 4) is 23.0 Å². The van der Waals surface area contributed by atoms with Crippen LogP contribution in [0, 0.1) is 30.3 Å². The van der Waals surface area contributed by atoms with E-state index >= 15 is 0 Å². The number of carbonyl (C=O) groups excluding carboxylic acids is 2. The number of benzene rings is 8. The van der Waals surface area contributed by atoms with Gasteiger partial charge in [-0.1, -0.05) is 132 Å². The molecule has 0 bridgehead atoms. The summed E-state index contributed by atoms with van der Waals surface area (Å²) in [6, 6.07) is 32.4. The molecule has 0 aliphatic carbocycles. The van der Waals surface area contributed by atoms with Crippen LogP contribution in [0.1, 0.15) is 84.3 Å². The third kappa shape index (κ3) is 20.8. The van der Waals surface area contributed by atoms with Gasteiger partial charge in [0.05, 0.1) is 87.7 Å². The second-order valence-corrected chi connectivity index (χ2v) is 20.1. The number of nitro benzene ring substituents is 3. The predicted molar refractivity (Wildman–Crippen MR) is 322 cm³/mol. The Labute approximate surface area is 558 Å². The largest absolute Gasteiger partial charge is 1.00 e. The van der Waals surface area contributed by atoms with Gasteiger partial charge in [0.15, 0.2) is 11.5 Å². The summed E-state index contributed by atoms with van der Waals surface area (Å²) >= 11 is 34.2. The molecule has 8 aromatic carbocycles. The van der Waals surface area contributed by atoms with E-state index in [9.17, 15) is 82.8 Å². The van der Waals surface area contributed by atoms with Crippen LogP contribution in [0.3, 0.4) is 0 Å². The van der Waals surface area contributed by atoms with E-state index in [0.717, 1.165) is 47.2 Å². The summed E-state index contributed by atoms with van der Waals surface area (Å²) in [5.74, 6) is -6.45. The van der Waals surface area contributed by atoms with Crippen molar-refractivity contribution in [2.24, 2.45) is 0 Å². The van der Waals surface area contributed by atoms with Crippen LogP contribution in [-0.2, 0) is 17.4 Å². The Hall–Kier alpha value is -8.50. The first-order valence-electron chi connectivity index (χ1n) is 24.6. The van der Waals surface area contributed by atoms with Gasteiger partial charge in [-0.05, 0) is 90.5 Å². The van der Waals surface area contributed by atoms with E-state index < -0.39 is 79.0 Å². The van der Waals surface area contributed by atoms with Crippen molar-refractivity contribution in [1.29, 1.82) is 0 Å². The van der Waals surface area contributed by atoms with Gasteiger partial charge in [0.1, 0.15) is 17.1 Å². The number of nitro groups is 3. The van der Waals surface area contributed by atoms with Crippen molar-refractivity contribution in [2.75, 3.05) is 12.4 Å². The molecule has 8 rings (SSSR count). The van der Waals surface area contributed by atoms with Crippen LogP contribution in [0.15, 0.2) is 140 Å². The average Bonchev–Trinajstić information content (AvgIpc) is 1.29. The molecule has 0 fully saturated rings. The number of fused-ring (bicyclic) bond motifs is 1. The van der Waals surface area contributed by atoms with Gasteiger partial charge >= 0.3 is 59.3 Å². The van der Waals surface area contributed by atoms with Crippen LogP contribution in [-0.4, -0.2) is 72.1 Å². The molecule has 0 saturated carbocycles. The number of carbonyl (C=O) groups is 5. The number of phenols is 1. The summed E-state index contributed by atoms with van der Waals surface area (Å²) in [5, 5.41) is 84.7. The standard InChI is InChI=1S/C18H13NO3.C14H7ClF3NO5.C10H12N2O5.C8H5Cl3O2.C8H6Cl2O3.Na/c20-17(14-9-3-4-10-15(14)18(21)22)19-16-11-5-7-12-6-1-2-8-13(12)16;15-10-5-7(14(16,17)18)1-4-12(10)24-8-2-3-11(19(22)23)9(6-8)13(20)21;1-3-6(2)8-4-7(11(14)15)5-9(10(8)13)12(16)17;9-5-1-2-6(10)8(11)4(5)3-7(12)13;1-13-7-5(10)3-2-4(9)6(7)8(11)12;/h1-11H,(H,19,20)(H,21,22);1-6H,(H,20,21);4-6,13H,3H2,1-2H3;1-2H,3H2,(H,12,13);2-3H,1H3,(H,11,12);/q;;;;;+1/p-1. The number of ether oxygens (including phenoxy) is 2. The molecule has 90 heavy (non-hydrogen) atoms. The number of phenolic OH excluding ortho intramolecular Hbond substituents is 1. The summed E-state index contributed by atoms with van der Waals surface area (Å²) < 4.78 is 47.7. The quantitative estimate of drug-likeness (QED) is 0.0275. The van der Waals surface area contributed by atoms with Crippen LogP contribution in [0.4, 0.5) is 35.9 Å². The Kier molecular flexibility index (Phi) is 29.0. The van der Waals surface area contributed by atoms with Crippen molar-refractivity contribution in [2.45, 2.75) is 38.8 Å². The fourth-order valence-corrected chi connectivity index (χ4v) is 8.82. The van der Waals surface area contributed by atoms with Crippen LogP contribution in [0.25, 0.3) is 10.8 Å². The molecular weight excluding hydrogens is 1330 g/mol. The number of aromatic carboxylic acids is 3. The number of carboxylic acids is 4.